The third-order valence-corrected chi connectivity index (χ3v) is 4.59. The quantitative estimate of drug-likeness (QED) is 0.728. The molecule has 0 spiro atoms. The van der Waals surface area contributed by atoms with E-state index in [1.165, 1.54) is 25.7 Å². The van der Waals surface area contributed by atoms with Crippen molar-refractivity contribution in [3.05, 3.63) is 0 Å². The predicted molar refractivity (Wildman–Crippen MR) is 67.3 cm³/mol. The molecule has 0 heterocycles. The topological polar surface area (TPSA) is 32.3 Å². The summed E-state index contributed by atoms with van der Waals surface area (Å²) in [5.74, 6) is 2.00. The molecule has 0 saturated heterocycles. The Hall–Kier alpha value is -0.0800. The smallest absolute Gasteiger partial charge is 0.0431 e. The number of fused-ring (bicyclic) bond motifs is 2. The lowest BCUT2D eigenvalue weighted by atomic mass is 9.86. The molecule has 3 atom stereocenters. The standard InChI is InChI=1S/C14H27NO/c1-14(2,6-3-7-16)10-15-13-9-11-4-5-12(13)8-11/h11-13,15-16H,3-10H2,1-2H3. The van der Waals surface area contributed by atoms with Gasteiger partial charge in [-0.15, -0.1) is 0 Å². The van der Waals surface area contributed by atoms with Crippen LogP contribution in [0.3, 0.4) is 0 Å². The van der Waals surface area contributed by atoms with Crippen molar-refractivity contribution >= 4 is 0 Å². The Balaban J connectivity index is 1.70. The van der Waals surface area contributed by atoms with Crippen LogP contribution in [0.4, 0.5) is 0 Å². The zero-order valence-corrected chi connectivity index (χ0v) is 10.8. The molecule has 0 aromatic carbocycles. The Bertz CT molecular complexity index is 227. The lowest BCUT2D eigenvalue weighted by molar-refractivity contribution is 0.222. The maximum absolute atomic E-state index is 8.87. The molecule has 0 aromatic heterocycles. The zero-order valence-electron chi connectivity index (χ0n) is 10.8. The summed E-state index contributed by atoms with van der Waals surface area (Å²) in [6.07, 6.45) is 7.90. The number of aliphatic hydroxyl groups is 1. The fourth-order valence-electron chi connectivity index (χ4n) is 3.55. The minimum absolute atomic E-state index is 0.331. The molecule has 0 aromatic rings. The summed E-state index contributed by atoms with van der Waals surface area (Å²) in [7, 11) is 0. The van der Waals surface area contributed by atoms with Gasteiger partial charge in [0.2, 0.25) is 0 Å². The highest BCUT2D eigenvalue weighted by Crippen LogP contribution is 2.44. The third kappa shape index (κ3) is 2.98. The van der Waals surface area contributed by atoms with Gasteiger partial charge in [-0.1, -0.05) is 20.3 Å². The number of hydrogen-bond donors (Lipinski definition) is 2. The van der Waals surface area contributed by atoms with Gasteiger partial charge in [0.25, 0.3) is 0 Å². The summed E-state index contributed by atoms with van der Waals surface area (Å²) < 4.78 is 0. The number of rotatable bonds is 6. The van der Waals surface area contributed by atoms with Crippen LogP contribution in [0.5, 0.6) is 0 Å². The van der Waals surface area contributed by atoms with Crippen molar-refractivity contribution in [3.63, 3.8) is 0 Å². The Labute approximate surface area is 99.8 Å². The van der Waals surface area contributed by atoms with Crippen molar-refractivity contribution < 1.29 is 5.11 Å². The first kappa shape index (κ1) is 12.4. The highest BCUT2D eigenvalue weighted by atomic mass is 16.2. The van der Waals surface area contributed by atoms with Crippen molar-refractivity contribution in [3.8, 4) is 0 Å². The predicted octanol–water partition coefficient (Wildman–Crippen LogP) is 2.56. The summed E-state index contributed by atoms with van der Waals surface area (Å²) >= 11 is 0. The lowest BCUT2D eigenvalue weighted by Gasteiger charge is -2.30. The van der Waals surface area contributed by atoms with Gasteiger partial charge in [0.15, 0.2) is 0 Å². The van der Waals surface area contributed by atoms with E-state index >= 15 is 0 Å². The lowest BCUT2D eigenvalue weighted by Crippen LogP contribution is -2.40. The zero-order chi connectivity index (χ0) is 11.6. The maximum atomic E-state index is 8.87. The van der Waals surface area contributed by atoms with Gasteiger partial charge in [-0.05, 0) is 49.4 Å². The van der Waals surface area contributed by atoms with Crippen LogP contribution in [-0.4, -0.2) is 24.3 Å². The van der Waals surface area contributed by atoms with E-state index in [1.807, 2.05) is 0 Å². The molecule has 2 aliphatic carbocycles. The molecule has 0 amide bonds. The summed E-state index contributed by atoms with van der Waals surface area (Å²) in [5.41, 5.74) is 0.338. The van der Waals surface area contributed by atoms with E-state index in [9.17, 15) is 0 Å². The van der Waals surface area contributed by atoms with E-state index < -0.39 is 0 Å². The first-order chi connectivity index (χ1) is 7.61. The van der Waals surface area contributed by atoms with Crippen LogP contribution in [0.1, 0.15) is 52.4 Å². The summed E-state index contributed by atoms with van der Waals surface area (Å²) in [4.78, 5) is 0. The first-order valence-corrected chi connectivity index (χ1v) is 6.95. The van der Waals surface area contributed by atoms with Crippen molar-refractivity contribution in [1.82, 2.24) is 5.32 Å². The van der Waals surface area contributed by atoms with E-state index in [0.29, 0.717) is 12.0 Å². The van der Waals surface area contributed by atoms with Crippen LogP contribution in [0.2, 0.25) is 0 Å². The molecular formula is C14H27NO. The number of hydrogen-bond acceptors (Lipinski definition) is 2. The molecule has 2 saturated carbocycles. The summed E-state index contributed by atoms with van der Waals surface area (Å²) in [6.45, 7) is 6.06. The van der Waals surface area contributed by atoms with Crippen molar-refractivity contribution in [2.75, 3.05) is 13.2 Å². The first-order valence-electron chi connectivity index (χ1n) is 6.95. The monoisotopic (exact) mass is 225 g/mol. The highest BCUT2D eigenvalue weighted by molar-refractivity contribution is 4.94. The van der Waals surface area contributed by atoms with Crippen molar-refractivity contribution in [2.45, 2.75) is 58.4 Å². The molecule has 94 valence electrons. The fourth-order valence-corrected chi connectivity index (χ4v) is 3.55. The van der Waals surface area contributed by atoms with Crippen LogP contribution in [-0.2, 0) is 0 Å². The second-order valence-electron chi connectivity index (χ2n) is 6.65. The SMILES string of the molecule is CC(C)(CCCO)CNC1CC2CCC1C2. The van der Waals surface area contributed by atoms with E-state index in [4.69, 9.17) is 5.11 Å². The molecule has 2 nitrogen and oxygen atoms in total. The number of aliphatic hydroxyl groups excluding tert-OH is 1. The molecule has 0 aliphatic heterocycles. The highest BCUT2D eigenvalue weighted by Gasteiger charge is 2.39. The Morgan fingerprint density at radius 2 is 2.06 bits per heavy atom. The van der Waals surface area contributed by atoms with Gasteiger partial charge in [-0.3, -0.25) is 0 Å². The maximum Gasteiger partial charge on any atom is 0.0431 e. The molecule has 2 N–H and O–H groups in total. The van der Waals surface area contributed by atoms with Gasteiger partial charge < -0.3 is 10.4 Å². The van der Waals surface area contributed by atoms with Crippen LogP contribution in [0.25, 0.3) is 0 Å². The fraction of sp³-hybridized carbons (Fsp3) is 1.00. The Morgan fingerprint density at radius 3 is 2.62 bits per heavy atom. The van der Waals surface area contributed by atoms with Gasteiger partial charge in [-0.25, -0.2) is 0 Å². The van der Waals surface area contributed by atoms with E-state index in [1.54, 1.807) is 0 Å². The largest absolute Gasteiger partial charge is 0.396 e. The normalized spacial score (nSPS) is 33.6. The van der Waals surface area contributed by atoms with Gasteiger partial charge >= 0.3 is 0 Å². The van der Waals surface area contributed by atoms with Gasteiger partial charge in [0.1, 0.15) is 0 Å². The van der Waals surface area contributed by atoms with Crippen LogP contribution >= 0.6 is 0 Å². The molecule has 2 heteroatoms. The van der Waals surface area contributed by atoms with E-state index in [-0.39, 0.29) is 0 Å². The summed E-state index contributed by atoms with van der Waals surface area (Å²) in [6, 6.07) is 0.798. The minimum Gasteiger partial charge on any atom is -0.396 e. The minimum atomic E-state index is 0.331. The molecule has 16 heavy (non-hydrogen) atoms. The molecule has 3 unspecified atom stereocenters. The van der Waals surface area contributed by atoms with Crippen LogP contribution in [0.15, 0.2) is 0 Å². The second kappa shape index (κ2) is 5.05. The van der Waals surface area contributed by atoms with Crippen LogP contribution in [0, 0.1) is 17.3 Å². The van der Waals surface area contributed by atoms with Gasteiger partial charge in [0, 0.05) is 19.2 Å². The average Bonchev–Trinajstić information content (AvgIpc) is 2.85. The van der Waals surface area contributed by atoms with E-state index in [0.717, 1.165) is 37.3 Å². The average molecular weight is 225 g/mol. The molecule has 2 bridgehead atoms. The van der Waals surface area contributed by atoms with Crippen molar-refractivity contribution in [2.24, 2.45) is 17.3 Å². The molecule has 2 rings (SSSR count). The summed E-state index contributed by atoms with van der Waals surface area (Å²) in [5, 5.41) is 12.7. The Kier molecular flexibility index (Phi) is 3.91. The second-order valence-corrected chi connectivity index (χ2v) is 6.65. The molecular weight excluding hydrogens is 198 g/mol. The van der Waals surface area contributed by atoms with Crippen LogP contribution < -0.4 is 5.32 Å². The molecule has 0 radical (unpaired) electrons. The third-order valence-electron chi connectivity index (χ3n) is 4.59. The molecule has 2 fully saturated rings. The number of nitrogens with one attached hydrogen (secondary N) is 1. The van der Waals surface area contributed by atoms with E-state index in [2.05, 4.69) is 19.2 Å². The molecule has 2 aliphatic rings. The Morgan fingerprint density at radius 1 is 1.25 bits per heavy atom. The van der Waals surface area contributed by atoms with Gasteiger partial charge in [-0.2, -0.15) is 0 Å². The van der Waals surface area contributed by atoms with Crippen molar-refractivity contribution in [1.29, 1.82) is 0 Å². The van der Waals surface area contributed by atoms with Gasteiger partial charge in [0.05, 0.1) is 0 Å².